The van der Waals surface area contributed by atoms with Crippen molar-refractivity contribution < 1.29 is 80.2 Å². The van der Waals surface area contributed by atoms with E-state index in [1.54, 1.807) is 0 Å². The highest BCUT2D eigenvalue weighted by molar-refractivity contribution is 7.47. The van der Waals surface area contributed by atoms with E-state index in [0.717, 1.165) is 180 Å². The molecule has 0 fully saturated rings. The molecule has 3 N–H and O–H groups in total. The average molecular weight is 1420 g/mol. The number of carbonyl (C=O) groups excluding carboxylic acids is 4. The van der Waals surface area contributed by atoms with Gasteiger partial charge in [0.05, 0.1) is 26.4 Å². The Morgan fingerprint density at radius 2 is 0.561 bits per heavy atom. The molecule has 0 aromatic carbocycles. The van der Waals surface area contributed by atoms with Gasteiger partial charge in [-0.3, -0.25) is 37.3 Å². The van der Waals surface area contributed by atoms with Gasteiger partial charge in [0.15, 0.2) is 12.2 Å². The predicted octanol–water partition coefficient (Wildman–Crippen LogP) is 21.3. The Kier molecular flexibility index (Phi) is 67.2. The van der Waals surface area contributed by atoms with E-state index < -0.39 is 97.5 Å². The first kappa shape index (κ1) is 93.2. The number of phosphoric ester groups is 2. The first-order chi connectivity index (χ1) is 47.7. The molecule has 17 nitrogen and oxygen atoms in total. The van der Waals surface area contributed by atoms with Crippen molar-refractivity contribution in [2.24, 2.45) is 0 Å². The molecule has 0 bridgehead atoms. The number of hydrogen-bond acceptors (Lipinski definition) is 15. The Balaban J connectivity index is 5.42. The molecule has 0 aliphatic heterocycles. The number of aliphatic hydroxyl groups excluding tert-OH is 1. The second-order valence-electron chi connectivity index (χ2n) is 24.5. The van der Waals surface area contributed by atoms with Gasteiger partial charge in [-0.25, -0.2) is 9.13 Å². The topological polar surface area (TPSA) is 237 Å². The third-order valence-electron chi connectivity index (χ3n) is 15.0. The van der Waals surface area contributed by atoms with Crippen LogP contribution < -0.4 is 0 Å². The standard InChI is InChI=1S/C79H132O17P2/c1-5-9-13-17-21-25-29-33-35-36-38-42-44-48-52-56-60-64-77(82)90-70-75(96-79(84)66-62-58-54-50-46-40-32-28-24-20-16-12-8-4)72-94-98(87,88)92-68-73(80)67-91-97(85,86)93-71-74(95-78(83)65-61-57-53-49-45-39-31-27-23-19-15-11-7-3)69-89-76(81)63-59-55-51-47-43-41-37-34-30-26-22-18-14-10-6-2/h9,13,15-16,19-22,25-28,31-35,37-38,42,48,52,73-75,80H,5-8,10-12,14,17-18,23-24,29-30,36,39-41,43-47,49-51,53-72H2,1-4H3,(H,85,86)(H,87,88)/b13-9-,19-15-,20-16-,25-21-,26-22-,31-27-,32-28-,35-33-,37-34-,42-38-,52-48-. The van der Waals surface area contributed by atoms with Crippen LogP contribution in [-0.4, -0.2) is 96.7 Å². The zero-order valence-corrected chi connectivity index (χ0v) is 62.7. The summed E-state index contributed by atoms with van der Waals surface area (Å²) < 4.78 is 68.3. The SMILES string of the molecule is CC/C=C\C/C=C\C/C=C\C/C=C\C/C=C\CCCC(=O)OCC(COP(=O)(O)OCC(O)COP(=O)(O)OCC(COC(=O)CCCCCCC/C=C\C/C=C\CCCCC)OC(=O)CCCCCCC/C=C\C/C=C\CCC)OC(=O)CCCCCCC/C=C\C/C=C\CCC. The van der Waals surface area contributed by atoms with Gasteiger partial charge in [-0.05, 0) is 148 Å². The molecule has 0 aliphatic rings. The molecule has 0 saturated carbocycles. The highest BCUT2D eigenvalue weighted by atomic mass is 31.2. The molecule has 19 heteroatoms. The van der Waals surface area contributed by atoms with E-state index >= 15 is 0 Å². The lowest BCUT2D eigenvalue weighted by molar-refractivity contribution is -0.161. The van der Waals surface area contributed by atoms with Gasteiger partial charge in [-0.1, -0.05) is 245 Å². The van der Waals surface area contributed by atoms with Crippen molar-refractivity contribution in [1.29, 1.82) is 0 Å². The summed E-state index contributed by atoms with van der Waals surface area (Å²) in [6, 6.07) is 0. The number of rotatable bonds is 69. The van der Waals surface area contributed by atoms with Crippen LogP contribution >= 0.6 is 15.6 Å². The van der Waals surface area contributed by atoms with E-state index in [1.165, 1.54) is 19.3 Å². The van der Waals surface area contributed by atoms with Crippen LogP contribution in [0.5, 0.6) is 0 Å². The van der Waals surface area contributed by atoms with E-state index in [0.29, 0.717) is 32.1 Å². The zero-order chi connectivity index (χ0) is 71.8. The first-order valence-electron chi connectivity index (χ1n) is 37.4. The lowest BCUT2D eigenvalue weighted by Crippen LogP contribution is -2.30. The van der Waals surface area contributed by atoms with E-state index in [1.807, 2.05) is 12.2 Å². The van der Waals surface area contributed by atoms with Crippen molar-refractivity contribution in [2.75, 3.05) is 39.6 Å². The highest BCUT2D eigenvalue weighted by Crippen LogP contribution is 2.45. The number of unbranched alkanes of at least 4 members (excludes halogenated alkanes) is 21. The Bertz CT molecular complexity index is 2380. The fourth-order valence-electron chi connectivity index (χ4n) is 9.36. The van der Waals surface area contributed by atoms with Crippen molar-refractivity contribution in [2.45, 2.75) is 303 Å². The van der Waals surface area contributed by atoms with Crippen molar-refractivity contribution >= 4 is 39.5 Å². The molecule has 0 aliphatic carbocycles. The fourth-order valence-corrected chi connectivity index (χ4v) is 10.9. The maximum atomic E-state index is 13.1. The number of phosphoric acid groups is 2. The second kappa shape index (κ2) is 70.6. The summed E-state index contributed by atoms with van der Waals surface area (Å²) >= 11 is 0. The molecule has 0 saturated heterocycles. The summed E-state index contributed by atoms with van der Waals surface area (Å²) in [6.07, 6.45) is 77.4. The molecule has 0 amide bonds. The average Bonchev–Trinajstić information content (AvgIpc) is 0.969. The third-order valence-corrected chi connectivity index (χ3v) is 16.9. The van der Waals surface area contributed by atoms with Crippen LogP contribution in [0.1, 0.15) is 285 Å². The molecule has 5 atom stereocenters. The maximum Gasteiger partial charge on any atom is 0.472 e. The largest absolute Gasteiger partial charge is 0.472 e. The monoisotopic (exact) mass is 1410 g/mol. The molecule has 0 spiro atoms. The first-order valence-corrected chi connectivity index (χ1v) is 40.4. The fraction of sp³-hybridized carbons (Fsp3) is 0.671. The molecular formula is C79H132O17P2. The van der Waals surface area contributed by atoms with Crippen LogP contribution in [0.25, 0.3) is 0 Å². The van der Waals surface area contributed by atoms with Gasteiger partial charge in [0.25, 0.3) is 0 Å². The van der Waals surface area contributed by atoms with Crippen LogP contribution in [0.2, 0.25) is 0 Å². The molecule has 560 valence electrons. The van der Waals surface area contributed by atoms with Gasteiger partial charge >= 0.3 is 39.5 Å². The Labute approximate surface area is 593 Å². The number of hydrogen-bond donors (Lipinski definition) is 3. The summed E-state index contributed by atoms with van der Waals surface area (Å²) in [5.74, 6) is -2.29. The van der Waals surface area contributed by atoms with Gasteiger partial charge < -0.3 is 33.8 Å². The van der Waals surface area contributed by atoms with E-state index in [4.69, 9.17) is 37.0 Å². The Hall–Kier alpha value is -4.80. The van der Waals surface area contributed by atoms with Crippen molar-refractivity contribution in [3.05, 3.63) is 134 Å². The van der Waals surface area contributed by atoms with Crippen LogP contribution in [0.4, 0.5) is 0 Å². The number of ether oxygens (including phenoxy) is 4. The number of aliphatic hydroxyl groups is 1. The lowest BCUT2D eigenvalue weighted by Gasteiger charge is -2.21. The van der Waals surface area contributed by atoms with Crippen molar-refractivity contribution in [3.63, 3.8) is 0 Å². The molecule has 0 aromatic rings. The number of esters is 4. The minimum absolute atomic E-state index is 0.0625. The molecule has 98 heavy (non-hydrogen) atoms. The molecule has 5 unspecified atom stereocenters. The van der Waals surface area contributed by atoms with Crippen LogP contribution in [0.3, 0.4) is 0 Å². The van der Waals surface area contributed by atoms with Gasteiger partial charge in [0.1, 0.15) is 19.3 Å². The van der Waals surface area contributed by atoms with Gasteiger partial charge in [-0.2, -0.15) is 0 Å². The minimum atomic E-state index is -4.99. The number of carbonyl (C=O) groups is 4. The predicted molar refractivity (Wildman–Crippen MR) is 399 cm³/mol. The smallest absolute Gasteiger partial charge is 0.462 e. The molecule has 0 rings (SSSR count). The summed E-state index contributed by atoms with van der Waals surface area (Å²) in [7, 11) is -9.98. The summed E-state index contributed by atoms with van der Waals surface area (Å²) in [4.78, 5) is 72.8. The van der Waals surface area contributed by atoms with Crippen LogP contribution in [0.15, 0.2) is 134 Å². The normalized spacial score (nSPS) is 14.7. The Morgan fingerprint density at radius 1 is 0.296 bits per heavy atom. The zero-order valence-electron chi connectivity index (χ0n) is 60.9. The van der Waals surface area contributed by atoms with Crippen LogP contribution in [0, 0.1) is 0 Å². The van der Waals surface area contributed by atoms with Gasteiger partial charge in [0, 0.05) is 25.7 Å². The minimum Gasteiger partial charge on any atom is -0.462 e. The van der Waals surface area contributed by atoms with E-state index in [2.05, 4.69) is 149 Å². The van der Waals surface area contributed by atoms with Gasteiger partial charge in [0.2, 0.25) is 0 Å². The van der Waals surface area contributed by atoms with E-state index in [9.17, 15) is 43.2 Å². The van der Waals surface area contributed by atoms with Crippen molar-refractivity contribution in [3.8, 4) is 0 Å². The molecule has 0 heterocycles. The van der Waals surface area contributed by atoms with Gasteiger partial charge in [-0.15, -0.1) is 0 Å². The third kappa shape index (κ3) is 69.7. The Morgan fingerprint density at radius 3 is 0.898 bits per heavy atom. The highest BCUT2D eigenvalue weighted by Gasteiger charge is 2.30. The molecular weight excluding hydrogens is 1280 g/mol. The van der Waals surface area contributed by atoms with E-state index in [-0.39, 0.29) is 25.7 Å². The van der Waals surface area contributed by atoms with Crippen molar-refractivity contribution in [1.82, 2.24) is 0 Å². The summed E-state index contributed by atoms with van der Waals surface area (Å²) in [6.45, 7) is 4.47. The second-order valence-corrected chi connectivity index (χ2v) is 27.4. The van der Waals surface area contributed by atoms with Crippen LogP contribution in [-0.2, 0) is 65.4 Å². The quantitative estimate of drug-likeness (QED) is 0.0169. The molecule has 0 radical (unpaired) electrons. The lowest BCUT2D eigenvalue weighted by atomic mass is 10.1. The number of allylic oxidation sites excluding steroid dienone is 22. The summed E-state index contributed by atoms with van der Waals surface area (Å²) in [5.41, 5.74) is 0. The summed E-state index contributed by atoms with van der Waals surface area (Å²) in [5, 5.41) is 10.6. The maximum absolute atomic E-state index is 13.1. The molecule has 0 aromatic heterocycles.